The van der Waals surface area contributed by atoms with Crippen molar-refractivity contribution in [1.82, 2.24) is 0 Å². The fraction of sp³-hybridized carbons (Fsp3) is 0.0769. The van der Waals surface area contributed by atoms with Crippen molar-refractivity contribution >= 4 is 21.6 Å². The lowest BCUT2D eigenvalue weighted by atomic mass is 10.4. The van der Waals surface area contributed by atoms with E-state index in [1.807, 2.05) is 36.4 Å². The molecule has 2 aromatic rings. The predicted octanol–water partition coefficient (Wildman–Crippen LogP) is 2.56. The average molecular weight is 264 g/mol. The lowest BCUT2D eigenvalue weighted by molar-refractivity contribution is 0.679. The Kier molecular flexibility index (Phi) is 4.23. The summed E-state index contributed by atoms with van der Waals surface area (Å²) < 4.78 is 23.9. The van der Waals surface area contributed by atoms with Gasteiger partial charge in [0.15, 0.2) is 0 Å². The molecule has 0 aromatic heterocycles. The van der Waals surface area contributed by atoms with Crippen LogP contribution in [0.25, 0.3) is 0 Å². The Morgan fingerprint density at radius 2 is 1.00 bits per heavy atom. The normalized spacial score (nSPS) is 14.1. The average Bonchev–Trinajstić information content (AvgIpc) is 2.40. The van der Waals surface area contributed by atoms with E-state index in [2.05, 4.69) is 0 Å². The molecule has 2 aromatic carbocycles. The Morgan fingerprint density at radius 3 is 1.35 bits per heavy atom. The molecule has 0 radical (unpaired) electrons. The molecular formula is C13H12O2S2. The van der Waals surface area contributed by atoms with Crippen molar-refractivity contribution in [3.63, 3.8) is 0 Å². The van der Waals surface area contributed by atoms with Crippen LogP contribution in [0.3, 0.4) is 0 Å². The Morgan fingerprint density at radius 1 is 0.647 bits per heavy atom. The van der Waals surface area contributed by atoms with Crippen LogP contribution in [-0.2, 0) is 21.6 Å². The van der Waals surface area contributed by atoms with Crippen molar-refractivity contribution in [2.24, 2.45) is 0 Å². The number of hydrogen-bond donors (Lipinski definition) is 0. The molecule has 0 amide bonds. The minimum atomic E-state index is -1.21. The van der Waals surface area contributed by atoms with E-state index in [0.717, 1.165) is 9.79 Å². The van der Waals surface area contributed by atoms with E-state index in [4.69, 9.17) is 0 Å². The maximum absolute atomic E-state index is 11.9. The largest absolute Gasteiger partial charge is 0.253 e. The lowest BCUT2D eigenvalue weighted by Crippen LogP contribution is -2.05. The van der Waals surface area contributed by atoms with Gasteiger partial charge in [-0.2, -0.15) is 0 Å². The monoisotopic (exact) mass is 264 g/mol. The summed E-state index contributed by atoms with van der Waals surface area (Å²) in [5, 5.41) is 0.147. The van der Waals surface area contributed by atoms with Crippen LogP contribution in [0.4, 0.5) is 0 Å². The minimum absolute atomic E-state index is 0.147. The standard InChI is InChI=1S/C13H12O2S2/c14-16(12-7-3-1-4-8-12)11-17(15)13-9-5-2-6-10-13/h1-10H,11H2/t16-,17+. The van der Waals surface area contributed by atoms with Crippen molar-refractivity contribution in [2.45, 2.75) is 9.79 Å². The van der Waals surface area contributed by atoms with E-state index >= 15 is 0 Å². The first-order chi connectivity index (χ1) is 8.27. The van der Waals surface area contributed by atoms with Crippen LogP contribution >= 0.6 is 0 Å². The molecule has 2 rings (SSSR count). The van der Waals surface area contributed by atoms with Gasteiger partial charge in [0, 0.05) is 9.79 Å². The molecule has 0 N–H and O–H groups in total. The van der Waals surface area contributed by atoms with Gasteiger partial charge in [0.2, 0.25) is 0 Å². The second-order valence-electron chi connectivity index (χ2n) is 3.44. The second kappa shape index (κ2) is 5.89. The van der Waals surface area contributed by atoms with Gasteiger partial charge in [0.25, 0.3) is 0 Å². The van der Waals surface area contributed by atoms with Gasteiger partial charge in [-0.15, -0.1) is 0 Å². The van der Waals surface area contributed by atoms with Crippen LogP contribution in [0.1, 0.15) is 0 Å². The van der Waals surface area contributed by atoms with Gasteiger partial charge >= 0.3 is 0 Å². The molecule has 0 aliphatic carbocycles. The summed E-state index contributed by atoms with van der Waals surface area (Å²) in [6.45, 7) is 0. The first kappa shape index (κ1) is 12.2. The van der Waals surface area contributed by atoms with Gasteiger partial charge in [-0.1, -0.05) is 36.4 Å². The van der Waals surface area contributed by atoms with Crippen molar-refractivity contribution < 1.29 is 8.42 Å². The summed E-state index contributed by atoms with van der Waals surface area (Å²) in [5.74, 6) is 0. The second-order valence-corrected chi connectivity index (χ2v) is 6.70. The molecular weight excluding hydrogens is 252 g/mol. The number of rotatable bonds is 4. The fourth-order valence-electron chi connectivity index (χ4n) is 1.38. The van der Waals surface area contributed by atoms with E-state index < -0.39 is 21.6 Å². The van der Waals surface area contributed by atoms with Gasteiger partial charge in [0.1, 0.15) is 5.08 Å². The quantitative estimate of drug-likeness (QED) is 0.850. The SMILES string of the molecule is O=[S@](C[S@](=O)c1ccccc1)c1ccccc1. The van der Waals surface area contributed by atoms with Crippen molar-refractivity contribution in [1.29, 1.82) is 0 Å². The van der Waals surface area contributed by atoms with Gasteiger partial charge < -0.3 is 0 Å². The Hall–Kier alpha value is -1.26. The molecule has 0 aliphatic heterocycles. The van der Waals surface area contributed by atoms with Crippen LogP contribution in [0.15, 0.2) is 70.5 Å². The highest BCUT2D eigenvalue weighted by Gasteiger charge is 2.09. The fourth-order valence-corrected chi connectivity index (χ4v) is 4.17. The van der Waals surface area contributed by atoms with Crippen molar-refractivity contribution in [2.75, 3.05) is 5.08 Å². The minimum Gasteiger partial charge on any atom is -0.253 e. The van der Waals surface area contributed by atoms with E-state index in [1.54, 1.807) is 24.3 Å². The number of benzene rings is 2. The van der Waals surface area contributed by atoms with Gasteiger partial charge in [-0.25, -0.2) is 0 Å². The molecule has 0 saturated carbocycles. The van der Waals surface area contributed by atoms with Crippen LogP contribution in [0.5, 0.6) is 0 Å². The summed E-state index contributed by atoms with van der Waals surface area (Å²) in [6.07, 6.45) is 0. The first-order valence-electron chi connectivity index (χ1n) is 5.14. The van der Waals surface area contributed by atoms with Crippen molar-refractivity contribution in [3.8, 4) is 0 Å². The van der Waals surface area contributed by atoms with Crippen LogP contribution in [0, 0.1) is 0 Å². The summed E-state index contributed by atoms with van der Waals surface area (Å²) in [4.78, 5) is 1.44. The maximum Gasteiger partial charge on any atom is 0.108 e. The summed E-state index contributed by atoms with van der Waals surface area (Å²) in [6, 6.07) is 18.2. The third-order valence-corrected chi connectivity index (χ3v) is 5.53. The zero-order chi connectivity index (χ0) is 12.1. The molecule has 17 heavy (non-hydrogen) atoms. The van der Waals surface area contributed by atoms with Gasteiger partial charge in [0.05, 0.1) is 21.6 Å². The Labute approximate surface area is 106 Å². The molecule has 0 fully saturated rings. The summed E-state index contributed by atoms with van der Waals surface area (Å²) in [5.41, 5.74) is 0. The molecule has 4 heteroatoms. The topological polar surface area (TPSA) is 34.1 Å². The lowest BCUT2D eigenvalue weighted by Gasteiger charge is -2.02. The smallest absolute Gasteiger partial charge is 0.108 e. The van der Waals surface area contributed by atoms with Crippen LogP contribution < -0.4 is 0 Å². The molecule has 0 unspecified atom stereocenters. The molecule has 0 saturated heterocycles. The van der Waals surface area contributed by atoms with E-state index in [9.17, 15) is 8.42 Å². The Bertz CT molecular complexity index is 474. The van der Waals surface area contributed by atoms with Crippen molar-refractivity contribution in [3.05, 3.63) is 60.7 Å². The first-order valence-corrected chi connectivity index (χ1v) is 7.78. The molecule has 0 bridgehead atoms. The highest BCUT2D eigenvalue weighted by molar-refractivity contribution is 8.01. The van der Waals surface area contributed by atoms with E-state index in [1.165, 1.54) is 0 Å². The highest BCUT2D eigenvalue weighted by atomic mass is 32.2. The molecule has 2 nitrogen and oxygen atoms in total. The third-order valence-electron chi connectivity index (χ3n) is 2.23. The zero-order valence-electron chi connectivity index (χ0n) is 9.11. The molecule has 0 aliphatic rings. The van der Waals surface area contributed by atoms with Gasteiger partial charge in [-0.05, 0) is 24.3 Å². The van der Waals surface area contributed by atoms with Crippen LogP contribution in [-0.4, -0.2) is 13.5 Å². The van der Waals surface area contributed by atoms with Crippen LogP contribution in [0.2, 0.25) is 0 Å². The molecule has 88 valence electrons. The van der Waals surface area contributed by atoms with E-state index in [-0.39, 0.29) is 5.08 Å². The number of hydrogen-bond acceptors (Lipinski definition) is 2. The maximum atomic E-state index is 11.9. The predicted molar refractivity (Wildman–Crippen MR) is 70.6 cm³/mol. The molecule has 0 spiro atoms. The Balaban J connectivity index is 2.08. The van der Waals surface area contributed by atoms with E-state index in [0.29, 0.717) is 0 Å². The third kappa shape index (κ3) is 3.35. The summed E-state index contributed by atoms with van der Waals surface area (Å²) >= 11 is 0. The molecule has 2 atom stereocenters. The summed E-state index contributed by atoms with van der Waals surface area (Å²) in [7, 11) is -2.43. The zero-order valence-corrected chi connectivity index (χ0v) is 10.7. The highest BCUT2D eigenvalue weighted by Crippen LogP contribution is 2.11. The molecule has 0 heterocycles. The van der Waals surface area contributed by atoms with Gasteiger partial charge in [-0.3, -0.25) is 8.42 Å².